The zero-order chi connectivity index (χ0) is 13.3. The van der Waals surface area contributed by atoms with Crippen LogP contribution in [0.4, 0.5) is 0 Å². The molecular formula is C14H24ClN3. The summed E-state index contributed by atoms with van der Waals surface area (Å²) in [5.74, 6) is 0.630. The fourth-order valence-electron chi connectivity index (χ4n) is 3.39. The van der Waals surface area contributed by atoms with Gasteiger partial charge in [-0.25, -0.2) is 0 Å². The quantitative estimate of drug-likeness (QED) is 0.906. The van der Waals surface area contributed by atoms with Crippen molar-refractivity contribution in [2.75, 3.05) is 6.54 Å². The molecule has 0 saturated heterocycles. The smallest absolute Gasteiger partial charge is 0.0834 e. The summed E-state index contributed by atoms with van der Waals surface area (Å²) in [6, 6.07) is 0.313. The molecule has 1 aromatic rings. The van der Waals surface area contributed by atoms with Crippen molar-refractivity contribution in [1.29, 1.82) is 0 Å². The van der Waals surface area contributed by atoms with Gasteiger partial charge in [0.05, 0.1) is 23.0 Å². The Morgan fingerprint density at radius 2 is 2.33 bits per heavy atom. The number of hydrogen-bond donors (Lipinski definition) is 1. The Morgan fingerprint density at radius 1 is 1.61 bits per heavy atom. The van der Waals surface area contributed by atoms with Crippen LogP contribution in [0.25, 0.3) is 0 Å². The molecule has 1 aromatic heterocycles. The first kappa shape index (κ1) is 13.9. The SMILES string of the molecule is CCNC(c1c(Cl)cnn1C)C1CCCC1(C)C. The Bertz CT molecular complexity index is 392. The molecule has 4 heteroatoms. The van der Waals surface area contributed by atoms with E-state index in [9.17, 15) is 0 Å². The van der Waals surface area contributed by atoms with E-state index in [4.69, 9.17) is 11.6 Å². The van der Waals surface area contributed by atoms with Crippen molar-refractivity contribution >= 4 is 11.6 Å². The van der Waals surface area contributed by atoms with Crippen molar-refractivity contribution in [3.05, 3.63) is 16.9 Å². The molecule has 0 radical (unpaired) electrons. The topological polar surface area (TPSA) is 29.9 Å². The molecule has 2 atom stereocenters. The first-order valence-corrected chi connectivity index (χ1v) is 7.26. The second-order valence-electron chi connectivity index (χ2n) is 6.02. The summed E-state index contributed by atoms with van der Waals surface area (Å²) in [5.41, 5.74) is 1.51. The minimum Gasteiger partial charge on any atom is -0.309 e. The molecule has 2 rings (SSSR count). The van der Waals surface area contributed by atoms with Crippen LogP contribution in [-0.4, -0.2) is 16.3 Å². The van der Waals surface area contributed by atoms with Gasteiger partial charge < -0.3 is 5.32 Å². The minimum atomic E-state index is 0.313. The molecule has 1 aliphatic rings. The van der Waals surface area contributed by atoms with Crippen LogP contribution in [0.15, 0.2) is 6.20 Å². The molecule has 0 bridgehead atoms. The Morgan fingerprint density at radius 3 is 2.78 bits per heavy atom. The molecule has 2 unspecified atom stereocenters. The van der Waals surface area contributed by atoms with Crippen molar-refractivity contribution < 1.29 is 0 Å². The summed E-state index contributed by atoms with van der Waals surface area (Å²) in [5, 5.41) is 8.69. The maximum Gasteiger partial charge on any atom is 0.0834 e. The van der Waals surface area contributed by atoms with Crippen LogP contribution in [0.1, 0.15) is 51.8 Å². The van der Waals surface area contributed by atoms with Crippen LogP contribution in [-0.2, 0) is 7.05 Å². The Kier molecular flexibility index (Phi) is 4.02. The van der Waals surface area contributed by atoms with E-state index in [0.29, 0.717) is 17.4 Å². The van der Waals surface area contributed by atoms with E-state index in [2.05, 4.69) is 31.2 Å². The summed E-state index contributed by atoms with van der Waals surface area (Å²) in [7, 11) is 1.98. The number of rotatable bonds is 4. The lowest BCUT2D eigenvalue weighted by molar-refractivity contribution is 0.193. The molecule has 1 N–H and O–H groups in total. The highest BCUT2D eigenvalue weighted by atomic mass is 35.5. The molecule has 3 nitrogen and oxygen atoms in total. The van der Waals surface area contributed by atoms with E-state index in [1.165, 1.54) is 19.3 Å². The van der Waals surface area contributed by atoms with Gasteiger partial charge in [0.25, 0.3) is 0 Å². The van der Waals surface area contributed by atoms with Crippen molar-refractivity contribution in [2.24, 2.45) is 18.4 Å². The highest BCUT2D eigenvalue weighted by molar-refractivity contribution is 6.31. The molecule has 1 fully saturated rings. The van der Waals surface area contributed by atoms with E-state index in [-0.39, 0.29) is 0 Å². The monoisotopic (exact) mass is 269 g/mol. The molecule has 0 aromatic carbocycles. The van der Waals surface area contributed by atoms with Gasteiger partial charge in [0.2, 0.25) is 0 Å². The van der Waals surface area contributed by atoms with Crippen LogP contribution in [0.5, 0.6) is 0 Å². The van der Waals surface area contributed by atoms with Gasteiger partial charge in [0.15, 0.2) is 0 Å². The average molecular weight is 270 g/mol. The lowest BCUT2D eigenvalue weighted by atomic mass is 9.76. The molecule has 1 heterocycles. The van der Waals surface area contributed by atoms with Crippen LogP contribution in [0, 0.1) is 11.3 Å². The fourth-order valence-corrected chi connectivity index (χ4v) is 3.67. The third-order valence-corrected chi connectivity index (χ3v) is 4.69. The largest absolute Gasteiger partial charge is 0.309 e. The molecule has 0 amide bonds. The number of aryl methyl sites for hydroxylation is 1. The maximum atomic E-state index is 6.32. The van der Waals surface area contributed by atoms with Gasteiger partial charge in [-0.1, -0.05) is 38.8 Å². The summed E-state index contributed by atoms with van der Waals surface area (Å²) in [6.07, 6.45) is 5.64. The molecule has 18 heavy (non-hydrogen) atoms. The third kappa shape index (κ3) is 2.43. The third-order valence-electron chi connectivity index (χ3n) is 4.40. The lowest BCUT2D eigenvalue weighted by Crippen LogP contribution is -2.35. The highest BCUT2D eigenvalue weighted by Gasteiger charge is 2.41. The summed E-state index contributed by atoms with van der Waals surface area (Å²) >= 11 is 6.32. The van der Waals surface area contributed by atoms with Gasteiger partial charge in [-0.3, -0.25) is 4.68 Å². The van der Waals surface area contributed by atoms with Crippen LogP contribution < -0.4 is 5.32 Å². The van der Waals surface area contributed by atoms with Gasteiger partial charge >= 0.3 is 0 Å². The van der Waals surface area contributed by atoms with Gasteiger partial charge in [-0.15, -0.1) is 0 Å². The standard InChI is InChI=1S/C14H24ClN3/c1-5-16-12(10-7-6-8-14(10,2)3)13-11(15)9-17-18(13)4/h9-10,12,16H,5-8H2,1-4H3. The normalized spacial score (nSPS) is 24.4. The molecule has 102 valence electrons. The highest BCUT2D eigenvalue weighted by Crippen LogP contribution is 2.49. The summed E-state index contributed by atoms with van der Waals surface area (Å²) in [6.45, 7) is 7.86. The van der Waals surface area contributed by atoms with E-state index >= 15 is 0 Å². The molecule has 0 spiro atoms. The Balaban J connectivity index is 2.34. The maximum absolute atomic E-state index is 6.32. The first-order chi connectivity index (χ1) is 8.47. The van der Waals surface area contributed by atoms with Crippen molar-refractivity contribution in [3.8, 4) is 0 Å². The van der Waals surface area contributed by atoms with Crippen LogP contribution in [0.2, 0.25) is 5.02 Å². The Hall–Kier alpha value is -0.540. The number of halogens is 1. The molecule has 1 aliphatic carbocycles. The molecule has 1 saturated carbocycles. The number of nitrogens with zero attached hydrogens (tertiary/aromatic N) is 2. The van der Waals surface area contributed by atoms with Gasteiger partial charge in [-0.05, 0) is 30.7 Å². The van der Waals surface area contributed by atoms with Crippen molar-refractivity contribution in [3.63, 3.8) is 0 Å². The molecule has 0 aliphatic heterocycles. The second-order valence-corrected chi connectivity index (χ2v) is 6.43. The summed E-state index contributed by atoms with van der Waals surface area (Å²) in [4.78, 5) is 0. The van der Waals surface area contributed by atoms with Gasteiger partial charge in [-0.2, -0.15) is 5.10 Å². The number of nitrogens with one attached hydrogen (secondary N) is 1. The second kappa shape index (κ2) is 5.22. The van der Waals surface area contributed by atoms with E-state index in [1.54, 1.807) is 6.20 Å². The first-order valence-electron chi connectivity index (χ1n) is 6.88. The van der Waals surface area contributed by atoms with Crippen LogP contribution >= 0.6 is 11.6 Å². The zero-order valence-corrected chi connectivity index (χ0v) is 12.6. The van der Waals surface area contributed by atoms with E-state index in [1.807, 2.05) is 11.7 Å². The fraction of sp³-hybridized carbons (Fsp3) is 0.786. The zero-order valence-electron chi connectivity index (χ0n) is 11.8. The van der Waals surface area contributed by atoms with E-state index in [0.717, 1.165) is 17.3 Å². The predicted molar refractivity (Wildman–Crippen MR) is 75.8 cm³/mol. The average Bonchev–Trinajstić information content (AvgIpc) is 2.80. The van der Waals surface area contributed by atoms with Crippen LogP contribution in [0.3, 0.4) is 0 Å². The van der Waals surface area contributed by atoms with Gasteiger partial charge in [0, 0.05) is 7.05 Å². The number of aromatic nitrogens is 2. The van der Waals surface area contributed by atoms with Crippen molar-refractivity contribution in [1.82, 2.24) is 15.1 Å². The Labute approximate surface area is 115 Å². The number of hydrogen-bond acceptors (Lipinski definition) is 2. The van der Waals surface area contributed by atoms with Gasteiger partial charge in [0.1, 0.15) is 0 Å². The minimum absolute atomic E-state index is 0.313. The summed E-state index contributed by atoms with van der Waals surface area (Å²) < 4.78 is 1.92. The van der Waals surface area contributed by atoms with E-state index < -0.39 is 0 Å². The lowest BCUT2D eigenvalue weighted by Gasteiger charge is -2.35. The predicted octanol–water partition coefficient (Wildman–Crippen LogP) is 3.55. The molecular weight excluding hydrogens is 246 g/mol. The van der Waals surface area contributed by atoms with Crippen molar-refractivity contribution in [2.45, 2.75) is 46.1 Å².